The molecule has 1 fully saturated rings. The first-order chi connectivity index (χ1) is 12.8. The lowest BCUT2D eigenvalue weighted by atomic mass is 9.87. The Morgan fingerprint density at radius 2 is 1.93 bits per heavy atom. The minimum absolute atomic E-state index is 0.121. The number of thioether (sulfide) groups is 1. The average molecular weight is 398 g/mol. The molecule has 1 unspecified atom stereocenters. The zero-order valence-electron chi connectivity index (χ0n) is 15.6. The second-order valence-electron chi connectivity index (χ2n) is 6.65. The van der Waals surface area contributed by atoms with Crippen molar-refractivity contribution in [3.63, 3.8) is 0 Å². The number of alkyl halides is 3. The van der Waals surface area contributed by atoms with Crippen LogP contribution in [0, 0.1) is 5.92 Å². The molecule has 1 aliphatic carbocycles. The number of hydrogen-bond acceptors (Lipinski definition) is 3. The van der Waals surface area contributed by atoms with Gasteiger partial charge in [-0.25, -0.2) is 0 Å². The highest BCUT2D eigenvalue weighted by Crippen LogP contribution is 2.38. The van der Waals surface area contributed by atoms with Gasteiger partial charge in [0.05, 0.1) is 5.92 Å². The number of rotatable bonds is 6. The molecule has 1 amide bonds. The van der Waals surface area contributed by atoms with Crippen molar-refractivity contribution >= 4 is 23.5 Å². The highest BCUT2D eigenvalue weighted by Gasteiger charge is 2.30. The maximum atomic E-state index is 12.9. The van der Waals surface area contributed by atoms with Crippen molar-refractivity contribution in [1.29, 1.82) is 0 Å². The van der Waals surface area contributed by atoms with Crippen LogP contribution >= 0.6 is 11.8 Å². The second kappa shape index (κ2) is 9.97. The maximum absolute atomic E-state index is 12.9. The van der Waals surface area contributed by atoms with Crippen molar-refractivity contribution in [2.75, 3.05) is 7.05 Å². The largest absolute Gasteiger partial charge is 0.446 e. The fraction of sp³-hybridized carbons (Fsp3) is 0.500. The van der Waals surface area contributed by atoms with E-state index in [9.17, 15) is 18.0 Å². The minimum Gasteiger partial charge on any atom is -0.310 e. The summed E-state index contributed by atoms with van der Waals surface area (Å²) >= 11 is -0.145. The first kappa shape index (κ1) is 21.5. The van der Waals surface area contributed by atoms with Crippen LogP contribution in [-0.4, -0.2) is 24.3 Å². The third kappa shape index (κ3) is 7.05. The van der Waals surface area contributed by atoms with Gasteiger partial charge >= 0.3 is 5.51 Å². The van der Waals surface area contributed by atoms with Gasteiger partial charge in [0, 0.05) is 11.9 Å². The van der Waals surface area contributed by atoms with Gasteiger partial charge in [-0.1, -0.05) is 43.9 Å². The lowest BCUT2D eigenvalue weighted by Crippen LogP contribution is -2.34. The molecule has 3 nitrogen and oxygen atoms in total. The smallest absolute Gasteiger partial charge is 0.310 e. The summed E-state index contributed by atoms with van der Waals surface area (Å²) in [5.74, 6) is 0.369. The summed E-state index contributed by atoms with van der Waals surface area (Å²) in [4.78, 5) is 17.0. The van der Waals surface area contributed by atoms with E-state index in [0.717, 1.165) is 18.4 Å². The molecule has 148 valence electrons. The maximum Gasteiger partial charge on any atom is 0.446 e. The van der Waals surface area contributed by atoms with Crippen molar-refractivity contribution in [2.24, 2.45) is 10.9 Å². The van der Waals surface area contributed by atoms with Gasteiger partial charge < -0.3 is 5.32 Å². The van der Waals surface area contributed by atoms with Crippen LogP contribution in [0.3, 0.4) is 0 Å². The summed E-state index contributed by atoms with van der Waals surface area (Å²) in [6.07, 6.45) is 8.72. The van der Waals surface area contributed by atoms with Crippen LogP contribution in [0.4, 0.5) is 13.2 Å². The Morgan fingerprint density at radius 3 is 2.44 bits per heavy atom. The Labute approximate surface area is 162 Å². The number of carbonyl (C=O) groups is 1. The Bertz CT molecular complexity index is 677. The molecule has 0 heterocycles. The van der Waals surface area contributed by atoms with Gasteiger partial charge in [0.1, 0.15) is 5.84 Å². The number of halogens is 3. The molecule has 7 heteroatoms. The Morgan fingerprint density at radius 1 is 1.30 bits per heavy atom. The van der Waals surface area contributed by atoms with E-state index in [1.165, 1.54) is 25.0 Å². The number of aliphatic imine (C=N–C) groups is 1. The average Bonchev–Trinajstić information content (AvgIpc) is 3.12. The lowest BCUT2D eigenvalue weighted by molar-refractivity contribution is -0.121. The van der Waals surface area contributed by atoms with Crippen LogP contribution in [-0.2, 0) is 4.79 Å². The van der Waals surface area contributed by atoms with E-state index in [4.69, 9.17) is 0 Å². The van der Waals surface area contributed by atoms with Gasteiger partial charge in [0.2, 0.25) is 5.91 Å². The van der Waals surface area contributed by atoms with Crippen LogP contribution in [0.2, 0.25) is 0 Å². The Hall–Kier alpha value is -1.76. The predicted molar refractivity (Wildman–Crippen MR) is 104 cm³/mol. The highest BCUT2D eigenvalue weighted by atomic mass is 32.2. The van der Waals surface area contributed by atoms with Crippen molar-refractivity contribution in [3.05, 3.63) is 42.0 Å². The van der Waals surface area contributed by atoms with Crippen molar-refractivity contribution in [2.45, 2.75) is 55.3 Å². The van der Waals surface area contributed by atoms with Crippen LogP contribution < -0.4 is 5.32 Å². The molecule has 1 saturated carbocycles. The van der Waals surface area contributed by atoms with E-state index in [-0.39, 0.29) is 22.6 Å². The summed E-state index contributed by atoms with van der Waals surface area (Å²) < 4.78 is 37.6. The molecule has 1 aromatic carbocycles. The van der Waals surface area contributed by atoms with Crippen molar-refractivity contribution in [3.8, 4) is 0 Å². The molecule has 0 aromatic heterocycles. The summed E-state index contributed by atoms with van der Waals surface area (Å²) in [7, 11) is 1.60. The minimum atomic E-state index is -4.32. The van der Waals surface area contributed by atoms with Gasteiger partial charge in [-0.3, -0.25) is 9.79 Å². The third-order valence-corrected chi connectivity index (χ3v) is 5.43. The third-order valence-electron chi connectivity index (χ3n) is 4.69. The zero-order chi connectivity index (χ0) is 19.9. The summed E-state index contributed by atoms with van der Waals surface area (Å²) in [6, 6.07) is 6.13. The zero-order valence-corrected chi connectivity index (χ0v) is 16.4. The molecule has 1 atom stereocenters. The van der Waals surface area contributed by atoms with E-state index in [2.05, 4.69) is 10.3 Å². The topological polar surface area (TPSA) is 41.5 Å². The monoisotopic (exact) mass is 398 g/mol. The summed E-state index contributed by atoms with van der Waals surface area (Å²) in [5, 5.41) is 2.83. The normalized spacial score (nSPS) is 17.4. The number of carbonyl (C=O) groups excluding carboxylic acids is 1. The number of nitrogens with zero attached hydrogens (tertiary/aromatic N) is 1. The fourth-order valence-electron chi connectivity index (χ4n) is 3.42. The van der Waals surface area contributed by atoms with Gasteiger partial charge in [0.25, 0.3) is 0 Å². The molecule has 1 aromatic rings. The summed E-state index contributed by atoms with van der Waals surface area (Å²) in [5.41, 5.74) is -3.58. The van der Waals surface area contributed by atoms with E-state index < -0.39 is 11.4 Å². The first-order valence-electron chi connectivity index (χ1n) is 9.08. The number of nitrogens with one attached hydrogen (secondary N) is 1. The van der Waals surface area contributed by atoms with Gasteiger partial charge in [-0.05, 0) is 54.8 Å². The number of amides is 1. The Kier molecular flexibility index (Phi) is 7.95. The molecule has 0 radical (unpaired) electrons. The van der Waals surface area contributed by atoms with E-state index in [1.807, 2.05) is 6.92 Å². The fourth-order valence-corrected chi connectivity index (χ4v) is 3.96. The van der Waals surface area contributed by atoms with Gasteiger partial charge in [0.15, 0.2) is 0 Å². The molecule has 0 saturated heterocycles. The number of hydrogen-bond donors (Lipinski definition) is 1. The SMILES string of the molecule is C/C=C\C(=NC)NC(=O)C(CC1CCCC1)c1ccc(SC(F)(F)F)cc1. The highest BCUT2D eigenvalue weighted by molar-refractivity contribution is 8.00. The quantitative estimate of drug-likeness (QED) is 0.380. The number of amidine groups is 1. The molecule has 1 aliphatic rings. The molecule has 1 N–H and O–H groups in total. The van der Waals surface area contributed by atoms with E-state index in [0.29, 0.717) is 18.2 Å². The van der Waals surface area contributed by atoms with E-state index in [1.54, 1.807) is 31.3 Å². The van der Waals surface area contributed by atoms with Crippen molar-refractivity contribution < 1.29 is 18.0 Å². The number of benzene rings is 1. The van der Waals surface area contributed by atoms with Gasteiger partial charge in [-0.15, -0.1) is 0 Å². The molecule has 2 rings (SSSR count). The second-order valence-corrected chi connectivity index (χ2v) is 7.79. The summed E-state index contributed by atoms with van der Waals surface area (Å²) in [6.45, 7) is 1.84. The predicted octanol–water partition coefficient (Wildman–Crippen LogP) is 5.68. The van der Waals surface area contributed by atoms with Crippen LogP contribution in [0.25, 0.3) is 0 Å². The van der Waals surface area contributed by atoms with Crippen LogP contribution in [0.1, 0.15) is 50.5 Å². The molecule has 27 heavy (non-hydrogen) atoms. The molecule has 0 aliphatic heterocycles. The molecular formula is C20H25F3N2OS. The van der Waals surface area contributed by atoms with Gasteiger partial charge in [-0.2, -0.15) is 13.2 Å². The lowest BCUT2D eigenvalue weighted by Gasteiger charge is -2.21. The van der Waals surface area contributed by atoms with E-state index >= 15 is 0 Å². The molecule has 0 spiro atoms. The van der Waals surface area contributed by atoms with Crippen LogP contribution in [0.5, 0.6) is 0 Å². The standard InChI is InChI=1S/C20H25F3N2OS/c1-3-6-18(24-2)25-19(26)17(13-14-7-4-5-8-14)15-9-11-16(12-10-15)27-20(21,22)23/h3,6,9-12,14,17H,4-5,7-8,13H2,1-2H3,(H,24,25,26)/b6-3-. The molecular weight excluding hydrogens is 373 g/mol. The van der Waals surface area contributed by atoms with Crippen molar-refractivity contribution in [1.82, 2.24) is 5.32 Å². The molecule has 0 bridgehead atoms. The van der Waals surface area contributed by atoms with Crippen LogP contribution in [0.15, 0.2) is 46.3 Å². The Balaban J connectivity index is 2.19. The first-order valence-corrected chi connectivity index (χ1v) is 9.90. The number of allylic oxidation sites excluding steroid dienone is 1.